The summed E-state index contributed by atoms with van der Waals surface area (Å²) in [4.78, 5) is 15.7. The van der Waals surface area contributed by atoms with Crippen LogP contribution in [0.2, 0.25) is 0 Å². The summed E-state index contributed by atoms with van der Waals surface area (Å²) in [5.74, 6) is -0.0344. The van der Waals surface area contributed by atoms with Gasteiger partial charge in [-0.25, -0.2) is 8.78 Å². The number of alkyl halides is 2. The Labute approximate surface area is 108 Å². The van der Waals surface area contributed by atoms with Gasteiger partial charge < -0.3 is 14.8 Å². The van der Waals surface area contributed by atoms with E-state index < -0.39 is 13.0 Å². The van der Waals surface area contributed by atoms with Crippen molar-refractivity contribution in [2.24, 2.45) is 5.92 Å². The molecule has 104 valence electrons. The number of anilines is 1. The van der Waals surface area contributed by atoms with Gasteiger partial charge in [0.25, 0.3) is 6.43 Å². The molecule has 0 aromatic carbocycles. The number of amides is 1. The monoisotopic (exact) mass is 272 g/mol. The summed E-state index contributed by atoms with van der Waals surface area (Å²) in [6.45, 7) is 0.247. The van der Waals surface area contributed by atoms with Crippen molar-refractivity contribution in [3.8, 4) is 5.88 Å². The normalized spacial score (nSPS) is 18.6. The lowest BCUT2D eigenvalue weighted by Gasteiger charge is -2.10. The number of nitrogens with one attached hydrogen (secondary N) is 1. The molecular formula is C12H14F2N2O3. The van der Waals surface area contributed by atoms with Crippen LogP contribution < -0.4 is 10.1 Å². The highest BCUT2D eigenvalue weighted by atomic mass is 19.3. The first-order valence-electron chi connectivity index (χ1n) is 5.92. The maximum Gasteiger partial charge on any atom is 0.272 e. The standard InChI is InChI=1S/C12H14F2N2O3/c13-9(14)7-19-11-3-1-2-10(15-11)16-12(17)8-4-5-18-6-8/h1-3,8-9H,4-7H2,(H,15,16,17)/t8-/m1/s1. The zero-order valence-corrected chi connectivity index (χ0v) is 10.1. The summed E-state index contributed by atoms with van der Waals surface area (Å²) < 4.78 is 33.9. The molecule has 19 heavy (non-hydrogen) atoms. The van der Waals surface area contributed by atoms with Crippen molar-refractivity contribution in [2.75, 3.05) is 25.1 Å². The van der Waals surface area contributed by atoms with Gasteiger partial charge >= 0.3 is 0 Å². The quantitative estimate of drug-likeness (QED) is 0.886. The first-order valence-corrected chi connectivity index (χ1v) is 5.92. The number of ether oxygens (including phenoxy) is 2. The third-order valence-corrected chi connectivity index (χ3v) is 2.63. The van der Waals surface area contributed by atoms with Crippen LogP contribution in [0.25, 0.3) is 0 Å². The van der Waals surface area contributed by atoms with Crippen molar-refractivity contribution < 1.29 is 23.0 Å². The van der Waals surface area contributed by atoms with Gasteiger partial charge in [0.1, 0.15) is 5.82 Å². The second-order valence-corrected chi connectivity index (χ2v) is 4.11. The predicted octanol–water partition coefficient (Wildman–Crippen LogP) is 1.70. The summed E-state index contributed by atoms with van der Waals surface area (Å²) in [5, 5.41) is 2.61. The van der Waals surface area contributed by atoms with Crippen LogP contribution in [0.4, 0.5) is 14.6 Å². The fraction of sp³-hybridized carbons (Fsp3) is 0.500. The first-order chi connectivity index (χ1) is 9.15. The Bertz CT molecular complexity index is 437. The van der Waals surface area contributed by atoms with Crippen molar-refractivity contribution in [3.63, 3.8) is 0 Å². The maximum atomic E-state index is 12.0. The largest absolute Gasteiger partial charge is 0.472 e. The molecule has 2 heterocycles. The van der Waals surface area contributed by atoms with Gasteiger partial charge in [0.15, 0.2) is 6.61 Å². The van der Waals surface area contributed by atoms with E-state index in [9.17, 15) is 13.6 Å². The molecule has 1 saturated heterocycles. The van der Waals surface area contributed by atoms with Crippen molar-refractivity contribution in [1.82, 2.24) is 4.98 Å². The second kappa shape index (κ2) is 6.42. The highest BCUT2D eigenvalue weighted by Gasteiger charge is 2.23. The van der Waals surface area contributed by atoms with E-state index in [1.807, 2.05) is 0 Å². The lowest BCUT2D eigenvalue weighted by Crippen LogP contribution is -2.23. The average Bonchev–Trinajstić information content (AvgIpc) is 2.91. The van der Waals surface area contributed by atoms with Gasteiger partial charge in [-0.15, -0.1) is 0 Å². The molecule has 2 rings (SSSR count). The van der Waals surface area contributed by atoms with Crippen LogP contribution in [-0.4, -0.2) is 37.1 Å². The molecule has 7 heteroatoms. The molecule has 0 spiro atoms. The highest BCUT2D eigenvalue weighted by Crippen LogP contribution is 2.17. The summed E-state index contributed by atoms with van der Waals surface area (Å²) in [7, 11) is 0. The third kappa shape index (κ3) is 4.13. The molecule has 1 aliphatic heterocycles. The lowest BCUT2D eigenvalue weighted by atomic mass is 10.1. The predicted molar refractivity (Wildman–Crippen MR) is 63.3 cm³/mol. The Morgan fingerprint density at radius 2 is 2.42 bits per heavy atom. The van der Waals surface area contributed by atoms with Gasteiger partial charge in [0, 0.05) is 12.7 Å². The van der Waals surface area contributed by atoms with Gasteiger partial charge in [0.05, 0.1) is 12.5 Å². The summed E-state index contributed by atoms with van der Waals surface area (Å²) in [6.07, 6.45) is -1.89. The summed E-state index contributed by atoms with van der Waals surface area (Å²) >= 11 is 0. The number of carbonyl (C=O) groups excluding carboxylic acids is 1. The number of pyridine rings is 1. The van der Waals surface area contributed by atoms with Crippen LogP contribution >= 0.6 is 0 Å². The molecule has 0 aliphatic carbocycles. The molecule has 1 fully saturated rings. The SMILES string of the molecule is O=C(Nc1cccc(OCC(F)F)n1)[C@@H]1CCOC1. The van der Waals surface area contributed by atoms with E-state index in [1.54, 1.807) is 12.1 Å². The fourth-order valence-electron chi connectivity index (χ4n) is 1.68. The molecule has 1 amide bonds. The maximum absolute atomic E-state index is 12.0. The Kier molecular flexibility index (Phi) is 4.62. The van der Waals surface area contributed by atoms with E-state index in [-0.39, 0.29) is 23.5 Å². The average molecular weight is 272 g/mol. The minimum Gasteiger partial charge on any atom is -0.472 e. The number of hydrogen-bond donors (Lipinski definition) is 1. The van der Waals surface area contributed by atoms with Gasteiger partial charge in [0.2, 0.25) is 11.8 Å². The van der Waals surface area contributed by atoms with E-state index in [0.717, 1.165) is 0 Å². The van der Waals surface area contributed by atoms with E-state index in [0.29, 0.717) is 19.6 Å². The number of halogens is 2. The van der Waals surface area contributed by atoms with Crippen LogP contribution in [0.1, 0.15) is 6.42 Å². The van der Waals surface area contributed by atoms with E-state index in [2.05, 4.69) is 10.3 Å². The Morgan fingerprint density at radius 1 is 1.58 bits per heavy atom. The smallest absolute Gasteiger partial charge is 0.272 e. The molecule has 0 bridgehead atoms. The second-order valence-electron chi connectivity index (χ2n) is 4.11. The zero-order valence-electron chi connectivity index (χ0n) is 10.1. The number of rotatable bonds is 5. The fourth-order valence-corrected chi connectivity index (χ4v) is 1.68. The molecule has 1 atom stereocenters. The Balaban J connectivity index is 1.92. The molecule has 1 aliphatic rings. The molecule has 1 aromatic rings. The Morgan fingerprint density at radius 3 is 3.11 bits per heavy atom. The van der Waals surface area contributed by atoms with Crippen LogP contribution in [-0.2, 0) is 9.53 Å². The molecular weight excluding hydrogens is 258 g/mol. The summed E-state index contributed by atoms with van der Waals surface area (Å²) in [5.41, 5.74) is 0. The Hall–Kier alpha value is -1.76. The molecule has 1 N–H and O–H groups in total. The van der Waals surface area contributed by atoms with Crippen molar-refractivity contribution in [3.05, 3.63) is 18.2 Å². The van der Waals surface area contributed by atoms with E-state index in [1.165, 1.54) is 6.07 Å². The molecule has 5 nitrogen and oxygen atoms in total. The van der Waals surface area contributed by atoms with Gasteiger partial charge in [-0.3, -0.25) is 4.79 Å². The first kappa shape index (κ1) is 13.7. The lowest BCUT2D eigenvalue weighted by molar-refractivity contribution is -0.119. The number of aromatic nitrogens is 1. The zero-order chi connectivity index (χ0) is 13.7. The van der Waals surface area contributed by atoms with Crippen molar-refractivity contribution in [1.29, 1.82) is 0 Å². The van der Waals surface area contributed by atoms with Gasteiger partial charge in [-0.05, 0) is 12.5 Å². The number of hydrogen-bond acceptors (Lipinski definition) is 4. The van der Waals surface area contributed by atoms with E-state index >= 15 is 0 Å². The highest BCUT2D eigenvalue weighted by molar-refractivity contribution is 5.91. The van der Waals surface area contributed by atoms with Crippen molar-refractivity contribution in [2.45, 2.75) is 12.8 Å². The van der Waals surface area contributed by atoms with Gasteiger partial charge in [-0.2, -0.15) is 4.98 Å². The van der Waals surface area contributed by atoms with Crippen molar-refractivity contribution >= 4 is 11.7 Å². The minimum atomic E-state index is -2.56. The molecule has 0 radical (unpaired) electrons. The van der Waals surface area contributed by atoms with Crippen LogP contribution in [0.5, 0.6) is 5.88 Å². The van der Waals surface area contributed by atoms with Crippen LogP contribution in [0.3, 0.4) is 0 Å². The van der Waals surface area contributed by atoms with E-state index in [4.69, 9.17) is 9.47 Å². The topological polar surface area (TPSA) is 60.5 Å². The van der Waals surface area contributed by atoms with Crippen LogP contribution in [0.15, 0.2) is 18.2 Å². The summed E-state index contributed by atoms with van der Waals surface area (Å²) in [6, 6.07) is 4.61. The third-order valence-electron chi connectivity index (χ3n) is 2.63. The number of nitrogens with zero attached hydrogens (tertiary/aromatic N) is 1. The molecule has 0 unspecified atom stereocenters. The molecule has 1 aromatic heterocycles. The number of carbonyl (C=O) groups is 1. The minimum absolute atomic E-state index is 0.0563. The molecule has 0 saturated carbocycles. The van der Waals surface area contributed by atoms with Crippen LogP contribution in [0, 0.1) is 5.92 Å². The van der Waals surface area contributed by atoms with Gasteiger partial charge in [-0.1, -0.05) is 6.07 Å².